The van der Waals surface area contributed by atoms with E-state index in [0.717, 1.165) is 34.7 Å². The molecule has 0 aliphatic heterocycles. The number of rotatable bonds is 7. The largest absolute Gasteiger partial charge is 0.463 e. The van der Waals surface area contributed by atoms with E-state index in [1.54, 1.807) is 11.6 Å². The van der Waals surface area contributed by atoms with Crippen molar-refractivity contribution in [2.24, 2.45) is 0 Å². The summed E-state index contributed by atoms with van der Waals surface area (Å²) in [7, 11) is 0. The van der Waals surface area contributed by atoms with Gasteiger partial charge < -0.3 is 9.47 Å². The van der Waals surface area contributed by atoms with Crippen LogP contribution in [0.4, 0.5) is 0 Å². The third kappa shape index (κ3) is 4.94. The lowest BCUT2D eigenvalue weighted by atomic mass is 10.1. The minimum atomic E-state index is -0.625. The van der Waals surface area contributed by atoms with Crippen LogP contribution in [0.1, 0.15) is 12.5 Å². The van der Waals surface area contributed by atoms with Crippen LogP contribution in [0.15, 0.2) is 79.0 Å². The maximum absolute atomic E-state index is 11.9. The topological polar surface area (TPSA) is 70.4 Å². The van der Waals surface area contributed by atoms with Crippen molar-refractivity contribution in [2.45, 2.75) is 13.5 Å². The van der Waals surface area contributed by atoms with E-state index in [1.165, 1.54) is 0 Å². The van der Waals surface area contributed by atoms with Gasteiger partial charge in [0.05, 0.1) is 18.0 Å². The number of carbonyl (C=O) groups excluding carboxylic acids is 2. The van der Waals surface area contributed by atoms with Crippen molar-refractivity contribution >= 4 is 11.9 Å². The maximum atomic E-state index is 11.9. The quantitative estimate of drug-likeness (QED) is 0.464. The van der Waals surface area contributed by atoms with Crippen molar-refractivity contribution in [3.63, 3.8) is 0 Å². The summed E-state index contributed by atoms with van der Waals surface area (Å²) < 4.78 is 11.8. The summed E-state index contributed by atoms with van der Waals surface area (Å²) in [6.45, 7) is 1.97. The molecule has 0 spiro atoms. The number of benzene rings is 2. The van der Waals surface area contributed by atoms with E-state index in [9.17, 15) is 9.59 Å². The molecule has 2 aromatic carbocycles. The monoisotopic (exact) mass is 376 g/mol. The average molecular weight is 376 g/mol. The van der Waals surface area contributed by atoms with E-state index in [2.05, 4.69) is 5.10 Å². The summed E-state index contributed by atoms with van der Waals surface area (Å²) in [6, 6.07) is 19.4. The number of hydrogen-bond donors (Lipinski definition) is 0. The summed E-state index contributed by atoms with van der Waals surface area (Å²) in [6.07, 6.45) is 3.94. The van der Waals surface area contributed by atoms with Crippen LogP contribution in [0, 0.1) is 0 Å². The standard InChI is InChI=1S/C22H20N2O4/c1-2-27-20(25)13-14-21(26)28-16-18-15-24(19-11-7-4-8-12-19)23-22(18)17-9-5-3-6-10-17/h3-15H,2,16H2,1H3/b14-13+. The molecule has 142 valence electrons. The fourth-order valence-corrected chi connectivity index (χ4v) is 2.59. The number of esters is 2. The van der Waals surface area contributed by atoms with E-state index >= 15 is 0 Å². The zero-order chi connectivity index (χ0) is 19.8. The van der Waals surface area contributed by atoms with Gasteiger partial charge in [-0.25, -0.2) is 14.3 Å². The minimum absolute atomic E-state index is 0.0308. The third-order valence-corrected chi connectivity index (χ3v) is 3.87. The van der Waals surface area contributed by atoms with Crippen molar-refractivity contribution in [3.05, 3.63) is 84.6 Å². The molecule has 0 amide bonds. The van der Waals surface area contributed by atoms with Crippen LogP contribution < -0.4 is 0 Å². The Morgan fingerprint density at radius 3 is 2.18 bits per heavy atom. The van der Waals surface area contributed by atoms with Crippen LogP contribution in [0.2, 0.25) is 0 Å². The van der Waals surface area contributed by atoms with E-state index in [-0.39, 0.29) is 13.2 Å². The molecule has 0 fully saturated rings. The van der Waals surface area contributed by atoms with Crippen LogP contribution in [0.25, 0.3) is 16.9 Å². The second-order valence-electron chi connectivity index (χ2n) is 5.84. The van der Waals surface area contributed by atoms with Gasteiger partial charge in [-0.15, -0.1) is 0 Å². The third-order valence-electron chi connectivity index (χ3n) is 3.87. The van der Waals surface area contributed by atoms with Gasteiger partial charge in [0.15, 0.2) is 0 Å². The van der Waals surface area contributed by atoms with Crippen LogP contribution in [-0.4, -0.2) is 28.3 Å². The van der Waals surface area contributed by atoms with Crippen molar-refractivity contribution in [2.75, 3.05) is 6.61 Å². The zero-order valence-electron chi connectivity index (χ0n) is 15.4. The second-order valence-corrected chi connectivity index (χ2v) is 5.84. The second kappa shape index (κ2) is 9.32. The number of ether oxygens (including phenoxy) is 2. The molecule has 0 saturated heterocycles. The van der Waals surface area contributed by atoms with Gasteiger partial charge in [0.25, 0.3) is 0 Å². The highest BCUT2D eigenvalue weighted by Gasteiger charge is 2.13. The van der Waals surface area contributed by atoms with E-state index in [1.807, 2.05) is 66.9 Å². The maximum Gasteiger partial charge on any atom is 0.331 e. The van der Waals surface area contributed by atoms with E-state index in [0.29, 0.717) is 0 Å². The number of aromatic nitrogens is 2. The fraction of sp³-hybridized carbons (Fsp3) is 0.136. The smallest absolute Gasteiger partial charge is 0.331 e. The molecule has 1 aromatic heterocycles. The van der Waals surface area contributed by atoms with Crippen LogP contribution in [0.5, 0.6) is 0 Å². The molecule has 0 saturated carbocycles. The van der Waals surface area contributed by atoms with Crippen LogP contribution >= 0.6 is 0 Å². The fourth-order valence-electron chi connectivity index (χ4n) is 2.59. The highest BCUT2D eigenvalue weighted by atomic mass is 16.5. The molecule has 0 N–H and O–H groups in total. The van der Waals surface area contributed by atoms with Gasteiger partial charge in [0.2, 0.25) is 0 Å². The minimum Gasteiger partial charge on any atom is -0.463 e. The summed E-state index contributed by atoms with van der Waals surface area (Å²) in [4.78, 5) is 23.2. The molecular weight excluding hydrogens is 356 g/mol. The molecule has 3 rings (SSSR count). The van der Waals surface area contributed by atoms with E-state index in [4.69, 9.17) is 9.47 Å². The summed E-state index contributed by atoms with van der Waals surface area (Å²) in [5.74, 6) is -1.21. The lowest BCUT2D eigenvalue weighted by Crippen LogP contribution is -2.04. The molecule has 6 nitrogen and oxygen atoms in total. The van der Waals surface area contributed by atoms with Gasteiger partial charge in [-0.3, -0.25) is 0 Å². The molecular formula is C22H20N2O4. The number of nitrogens with zero attached hydrogens (tertiary/aromatic N) is 2. The van der Waals surface area contributed by atoms with Gasteiger partial charge in [0.1, 0.15) is 6.61 Å². The van der Waals surface area contributed by atoms with Crippen molar-refractivity contribution in [3.8, 4) is 16.9 Å². The van der Waals surface area contributed by atoms with Crippen molar-refractivity contribution in [1.82, 2.24) is 9.78 Å². The Kier molecular flexibility index (Phi) is 6.36. The molecule has 0 radical (unpaired) electrons. The first-order chi connectivity index (χ1) is 13.7. The number of para-hydroxylation sites is 1. The lowest BCUT2D eigenvalue weighted by molar-refractivity contribution is -0.141. The number of hydrogen-bond acceptors (Lipinski definition) is 5. The summed E-state index contributed by atoms with van der Waals surface area (Å²) >= 11 is 0. The zero-order valence-corrected chi connectivity index (χ0v) is 15.4. The molecule has 0 bridgehead atoms. The molecule has 0 atom stereocenters. The molecule has 0 unspecified atom stereocenters. The van der Waals surface area contributed by atoms with Crippen molar-refractivity contribution in [1.29, 1.82) is 0 Å². The Morgan fingerprint density at radius 2 is 1.54 bits per heavy atom. The average Bonchev–Trinajstić information content (AvgIpc) is 3.16. The van der Waals surface area contributed by atoms with Gasteiger partial charge in [-0.1, -0.05) is 48.5 Å². The molecule has 1 heterocycles. The van der Waals surface area contributed by atoms with Gasteiger partial charge in [-0.05, 0) is 19.1 Å². The Bertz CT molecular complexity index is 963. The predicted octanol–water partition coefficient (Wildman–Crippen LogP) is 3.70. The van der Waals surface area contributed by atoms with Crippen LogP contribution in [0.3, 0.4) is 0 Å². The SMILES string of the molecule is CCOC(=O)/C=C/C(=O)OCc1cn(-c2ccccc2)nc1-c1ccccc1. The van der Waals surface area contributed by atoms with Gasteiger partial charge >= 0.3 is 11.9 Å². The summed E-state index contributed by atoms with van der Waals surface area (Å²) in [5.41, 5.74) is 3.31. The van der Waals surface area contributed by atoms with Crippen LogP contribution in [-0.2, 0) is 25.7 Å². The molecule has 0 aliphatic rings. The van der Waals surface area contributed by atoms with Gasteiger partial charge in [0, 0.05) is 29.5 Å². The first-order valence-corrected chi connectivity index (χ1v) is 8.88. The first-order valence-electron chi connectivity index (χ1n) is 8.88. The Labute approximate surface area is 163 Å². The Balaban J connectivity index is 1.80. The summed E-state index contributed by atoms with van der Waals surface area (Å²) in [5, 5.41) is 4.66. The Hall–Kier alpha value is -3.67. The molecule has 28 heavy (non-hydrogen) atoms. The predicted molar refractivity (Wildman–Crippen MR) is 105 cm³/mol. The van der Waals surface area contributed by atoms with E-state index < -0.39 is 11.9 Å². The highest BCUT2D eigenvalue weighted by molar-refractivity contribution is 5.91. The Morgan fingerprint density at radius 1 is 0.929 bits per heavy atom. The number of carbonyl (C=O) groups is 2. The van der Waals surface area contributed by atoms with Crippen molar-refractivity contribution < 1.29 is 19.1 Å². The molecule has 3 aromatic rings. The molecule has 0 aliphatic carbocycles. The normalized spacial score (nSPS) is 10.8. The molecule has 6 heteroatoms. The first kappa shape index (κ1) is 19.1. The highest BCUT2D eigenvalue weighted by Crippen LogP contribution is 2.24. The lowest BCUT2D eigenvalue weighted by Gasteiger charge is -2.03. The van der Waals surface area contributed by atoms with Gasteiger partial charge in [-0.2, -0.15) is 5.10 Å².